The Kier molecular flexibility index (Phi) is 6.05. The first-order chi connectivity index (χ1) is 9.06. The van der Waals surface area contributed by atoms with Crippen molar-refractivity contribution in [2.45, 2.75) is 26.2 Å². The van der Waals surface area contributed by atoms with Crippen LogP contribution in [0, 0.1) is 11.8 Å². The summed E-state index contributed by atoms with van der Waals surface area (Å²) in [6.45, 7) is 2.40. The maximum atomic E-state index is 11.9. The van der Waals surface area contributed by atoms with Gasteiger partial charge in [0.15, 0.2) is 0 Å². The molecule has 2 unspecified atom stereocenters. The lowest BCUT2D eigenvalue weighted by molar-refractivity contribution is -0.147. The van der Waals surface area contributed by atoms with E-state index in [1.165, 1.54) is 0 Å². The second-order valence-corrected chi connectivity index (χ2v) is 4.56. The predicted molar refractivity (Wildman–Crippen MR) is 69.3 cm³/mol. The van der Waals surface area contributed by atoms with E-state index in [4.69, 9.17) is 5.11 Å². The summed E-state index contributed by atoms with van der Waals surface area (Å²) < 4.78 is 0. The summed E-state index contributed by atoms with van der Waals surface area (Å²) in [7, 11) is 0. The van der Waals surface area contributed by atoms with Crippen molar-refractivity contribution in [2.75, 3.05) is 13.1 Å². The number of hydrogen-bond donors (Lipinski definition) is 3. The third-order valence-corrected chi connectivity index (χ3v) is 3.08. The molecule has 19 heavy (non-hydrogen) atoms. The van der Waals surface area contributed by atoms with Crippen LogP contribution in [0.3, 0.4) is 0 Å². The summed E-state index contributed by atoms with van der Waals surface area (Å²) in [5.74, 6) is -2.90. The molecule has 0 aliphatic heterocycles. The van der Waals surface area contributed by atoms with Crippen LogP contribution in [0.5, 0.6) is 0 Å². The first-order valence-electron chi connectivity index (χ1n) is 6.48. The fourth-order valence-electron chi connectivity index (χ4n) is 2.00. The summed E-state index contributed by atoms with van der Waals surface area (Å²) in [6, 6.07) is 0. The van der Waals surface area contributed by atoms with Crippen molar-refractivity contribution in [3.05, 3.63) is 12.2 Å². The highest BCUT2D eigenvalue weighted by atomic mass is 16.4. The minimum absolute atomic E-state index is 0.106. The van der Waals surface area contributed by atoms with E-state index < -0.39 is 17.8 Å². The molecule has 2 amide bonds. The maximum absolute atomic E-state index is 11.9. The average molecular weight is 268 g/mol. The van der Waals surface area contributed by atoms with Crippen molar-refractivity contribution in [1.82, 2.24) is 10.6 Å². The third-order valence-electron chi connectivity index (χ3n) is 3.08. The molecule has 2 atom stereocenters. The number of hydrogen-bond acceptors (Lipinski definition) is 3. The number of rotatable bonds is 6. The van der Waals surface area contributed by atoms with Crippen LogP contribution in [-0.2, 0) is 14.4 Å². The van der Waals surface area contributed by atoms with Gasteiger partial charge in [-0.3, -0.25) is 14.4 Å². The highest BCUT2D eigenvalue weighted by Crippen LogP contribution is 2.25. The van der Waals surface area contributed by atoms with E-state index in [9.17, 15) is 14.4 Å². The van der Waals surface area contributed by atoms with Crippen molar-refractivity contribution in [3.8, 4) is 0 Å². The summed E-state index contributed by atoms with van der Waals surface area (Å²) in [6.07, 6.45) is 5.17. The SMILES string of the molecule is CCCNC(=O)CNC(=O)C1CC=CCC1C(=O)O. The van der Waals surface area contributed by atoms with Gasteiger partial charge in [0.05, 0.1) is 18.4 Å². The molecule has 0 aromatic heterocycles. The lowest BCUT2D eigenvalue weighted by Crippen LogP contribution is -2.43. The van der Waals surface area contributed by atoms with Crippen molar-refractivity contribution < 1.29 is 19.5 Å². The Balaban J connectivity index is 2.45. The minimum atomic E-state index is -0.972. The topological polar surface area (TPSA) is 95.5 Å². The molecule has 0 aromatic rings. The first-order valence-corrected chi connectivity index (χ1v) is 6.48. The molecule has 0 saturated carbocycles. The standard InChI is InChI=1S/C13H20N2O4/c1-2-7-14-11(16)8-15-12(17)9-5-3-4-6-10(9)13(18)19/h3-4,9-10H,2,5-8H2,1H3,(H,14,16)(H,15,17)(H,18,19). The van der Waals surface area contributed by atoms with Gasteiger partial charge in [0.25, 0.3) is 0 Å². The maximum Gasteiger partial charge on any atom is 0.307 e. The normalized spacial score (nSPS) is 21.7. The number of nitrogens with one attached hydrogen (secondary N) is 2. The van der Waals surface area contributed by atoms with Gasteiger partial charge in [-0.15, -0.1) is 0 Å². The Morgan fingerprint density at radius 2 is 1.79 bits per heavy atom. The summed E-state index contributed by atoms with van der Waals surface area (Å²) in [5.41, 5.74) is 0. The Bertz CT molecular complexity index is 379. The molecular weight excluding hydrogens is 248 g/mol. The summed E-state index contributed by atoms with van der Waals surface area (Å²) >= 11 is 0. The van der Waals surface area contributed by atoms with Crippen LogP contribution in [0.1, 0.15) is 26.2 Å². The van der Waals surface area contributed by atoms with Crippen LogP contribution in [-0.4, -0.2) is 36.0 Å². The Labute approximate surface area is 112 Å². The van der Waals surface area contributed by atoms with E-state index in [0.29, 0.717) is 19.4 Å². The Morgan fingerprint density at radius 3 is 2.37 bits per heavy atom. The molecule has 3 N–H and O–H groups in total. The van der Waals surface area contributed by atoms with Crippen molar-refractivity contribution in [1.29, 1.82) is 0 Å². The summed E-state index contributed by atoms with van der Waals surface area (Å²) in [4.78, 5) is 34.3. The number of allylic oxidation sites excluding steroid dienone is 2. The van der Waals surface area contributed by atoms with Gasteiger partial charge in [0.1, 0.15) is 0 Å². The van der Waals surface area contributed by atoms with Gasteiger partial charge in [0, 0.05) is 6.54 Å². The van der Waals surface area contributed by atoms with Gasteiger partial charge in [-0.25, -0.2) is 0 Å². The van der Waals surface area contributed by atoms with Gasteiger partial charge in [-0.1, -0.05) is 19.1 Å². The number of carboxylic acid groups (broad SMARTS) is 1. The number of carboxylic acids is 1. The lowest BCUT2D eigenvalue weighted by Gasteiger charge is -2.24. The highest BCUT2D eigenvalue weighted by molar-refractivity contribution is 5.88. The second kappa shape index (κ2) is 7.56. The van der Waals surface area contributed by atoms with Crippen molar-refractivity contribution >= 4 is 17.8 Å². The first kappa shape index (κ1) is 15.2. The van der Waals surface area contributed by atoms with Crippen molar-refractivity contribution in [2.24, 2.45) is 11.8 Å². The Hall–Kier alpha value is -1.85. The molecule has 0 aromatic carbocycles. The zero-order chi connectivity index (χ0) is 14.3. The van der Waals surface area contributed by atoms with E-state index >= 15 is 0 Å². The molecule has 0 bridgehead atoms. The minimum Gasteiger partial charge on any atom is -0.481 e. The van der Waals surface area contributed by atoms with Crippen LogP contribution in [0.25, 0.3) is 0 Å². The molecule has 0 radical (unpaired) electrons. The molecule has 1 aliphatic carbocycles. The molecule has 1 aliphatic rings. The molecule has 106 valence electrons. The molecule has 6 heteroatoms. The van der Waals surface area contributed by atoms with E-state index in [1.54, 1.807) is 12.2 Å². The smallest absolute Gasteiger partial charge is 0.307 e. The van der Waals surface area contributed by atoms with Gasteiger partial charge >= 0.3 is 5.97 Å². The van der Waals surface area contributed by atoms with Crippen LogP contribution < -0.4 is 10.6 Å². The fourth-order valence-corrected chi connectivity index (χ4v) is 2.00. The van der Waals surface area contributed by atoms with Crippen LogP contribution in [0.2, 0.25) is 0 Å². The molecule has 0 fully saturated rings. The van der Waals surface area contributed by atoms with Crippen LogP contribution in [0.4, 0.5) is 0 Å². The molecule has 0 spiro atoms. The van der Waals surface area contributed by atoms with E-state index in [0.717, 1.165) is 6.42 Å². The number of carbonyl (C=O) groups is 3. The predicted octanol–water partition coefficient (Wildman–Crippen LogP) is 0.296. The zero-order valence-electron chi connectivity index (χ0n) is 11.0. The quantitative estimate of drug-likeness (QED) is 0.604. The lowest BCUT2D eigenvalue weighted by atomic mass is 9.82. The molecule has 6 nitrogen and oxygen atoms in total. The molecule has 0 heterocycles. The largest absolute Gasteiger partial charge is 0.481 e. The third kappa shape index (κ3) is 4.73. The monoisotopic (exact) mass is 268 g/mol. The van der Waals surface area contributed by atoms with Gasteiger partial charge in [0.2, 0.25) is 11.8 Å². The number of amides is 2. The van der Waals surface area contributed by atoms with Crippen molar-refractivity contribution in [3.63, 3.8) is 0 Å². The summed E-state index contributed by atoms with van der Waals surface area (Å²) in [5, 5.41) is 14.2. The second-order valence-electron chi connectivity index (χ2n) is 4.56. The van der Waals surface area contributed by atoms with E-state index in [1.807, 2.05) is 6.92 Å². The molecular formula is C13H20N2O4. The number of carbonyl (C=O) groups excluding carboxylic acids is 2. The van der Waals surface area contributed by atoms with Crippen LogP contribution in [0.15, 0.2) is 12.2 Å². The number of aliphatic carboxylic acids is 1. The molecule has 1 rings (SSSR count). The van der Waals surface area contributed by atoms with Gasteiger partial charge in [-0.05, 0) is 19.3 Å². The molecule has 0 saturated heterocycles. The zero-order valence-corrected chi connectivity index (χ0v) is 11.0. The van der Waals surface area contributed by atoms with E-state index in [-0.39, 0.29) is 18.4 Å². The van der Waals surface area contributed by atoms with E-state index in [2.05, 4.69) is 10.6 Å². The Morgan fingerprint density at radius 1 is 1.16 bits per heavy atom. The van der Waals surface area contributed by atoms with Gasteiger partial charge in [-0.2, -0.15) is 0 Å². The average Bonchev–Trinajstić information content (AvgIpc) is 2.42. The van der Waals surface area contributed by atoms with Gasteiger partial charge < -0.3 is 15.7 Å². The fraction of sp³-hybridized carbons (Fsp3) is 0.615. The van der Waals surface area contributed by atoms with Crippen LogP contribution >= 0.6 is 0 Å². The highest BCUT2D eigenvalue weighted by Gasteiger charge is 2.33.